The SMILES string of the molecule is CC(Oc1ccc(Cl)cc1)C(=O)NCc1cccc(F)c1. The molecule has 0 bridgehead atoms. The van der Waals surface area contributed by atoms with E-state index in [9.17, 15) is 9.18 Å². The Labute approximate surface area is 127 Å². The van der Waals surface area contributed by atoms with Crippen LogP contribution in [-0.4, -0.2) is 12.0 Å². The number of halogens is 2. The standard InChI is InChI=1S/C16H15ClFNO2/c1-11(21-15-7-5-13(17)6-8-15)16(20)19-10-12-3-2-4-14(18)9-12/h2-9,11H,10H2,1H3,(H,19,20). The van der Waals surface area contributed by atoms with E-state index in [-0.39, 0.29) is 18.3 Å². The number of carbonyl (C=O) groups is 1. The van der Waals surface area contributed by atoms with E-state index in [4.69, 9.17) is 16.3 Å². The van der Waals surface area contributed by atoms with Crippen LogP contribution in [0.4, 0.5) is 4.39 Å². The summed E-state index contributed by atoms with van der Waals surface area (Å²) in [6.45, 7) is 1.90. The van der Waals surface area contributed by atoms with Crippen LogP contribution in [-0.2, 0) is 11.3 Å². The fourth-order valence-corrected chi connectivity index (χ4v) is 1.88. The van der Waals surface area contributed by atoms with Crippen LogP contribution < -0.4 is 10.1 Å². The summed E-state index contributed by atoms with van der Waals surface area (Å²) < 4.78 is 18.5. The molecule has 21 heavy (non-hydrogen) atoms. The first kappa shape index (κ1) is 15.3. The highest BCUT2D eigenvalue weighted by molar-refractivity contribution is 6.30. The van der Waals surface area contributed by atoms with Gasteiger partial charge in [0, 0.05) is 11.6 Å². The molecule has 1 atom stereocenters. The molecular formula is C16H15ClFNO2. The van der Waals surface area contributed by atoms with Gasteiger partial charge in [0.05, 0.1) is 0 Å². The normalized spacial score (nSPS) is 11.8. The summed E-state index contributed by atoms with van der Waals surface area (Å²) >= 11 is 5.78. The number of benzene rings is 2. The monoisotopic (exact) mass is 307 g/mol. The summed E-state index contributed by atoms with van der Waals surface area (Å²) in [5.41, 5.74) is 0.696. The Kier molecular flexibility index (Phi) is 5.17. The van der Waals surface area contributed by atoms with E-state index < -0.39 is 6.10 Å². The second kappa shape index (κ2) is 7.09. The second-order valence-electron chi connectivity index (χ2n) is 4.56. The van der Waals surface area contributed by atoms with E-state index in [2.05, 4.69) is 5.32 Å². The van der Waals surface area contributed by atoms with Gasteiger partial charge in [-0.25, -0.2) is 4.39 Å². The third-order valence-corrected chi connectivity index (χ3v) is 3.10. The molecule has 1 unspecified atom stereocenters. The molecule has 0 aliphatic carbocycles. The molecule has 110 valence electrons. The lowest BCUT2D eigenvalue weighted by atomic mass is 10.2. The molecule has 2 aromatic carbocycles. The zero-order valence-corrected chi connectivity index (χ0v) is 12.2. The molecule has 0 spiro atoms. The van der Waals surface area contributed by atoms with Crippen molar-refractivity contribution in [1.82, 2.24) is 5.32 Å². The minimum atomic E-state index is -0.653. The molecule has 2 rings (SSSR count). The zero-order valence-electron chi connectivity index (χ0n) is 11.5. The van der Waals surface area contributed by atoms with Gasteiger partial charge in [-0.05, 0) is 48.9 Å². The number of nitrogens with one attached hydrogen (secondary N) is 1. The van der Waals surface area contributed by atoms with Crippen molar-refractivity contribution in [3.8, 4) is 5.75 Å². The predicted octanol–water partition coefficient (Wildman–Crippen LogP) is 3.56. The van der Waals surface area contributed by atoms with Crippen LogP contribution in [0.15, 0.2) is 48.5 Å². The van der Waals surface area contributed by atoms with Crippen LogP contribution in [0.3, 0.4) is 0 Å². The molecule has 1 N–H and O–H groups in total. The molecule has 0 radical (unpaired) electrons. The molecule has 1 amide bonds. The summed E-state index contributed by atoms with van der Waals surface area (Å²) in [6.07, 6.45) is -0.653. The summed E-state index contributed by atoms with van der Waals surface area (Å²) in [6, 6.07) is 12.8. The van der Waals surface area contributed by atoms with Crippen molar-refractivity contribution in [2.75, 3.05) is 0 Å². The fraction of sp³-hybridized carbons (Fsp3) is 0.188. The van der Waals surface area contributed by atoms with E-state index in [1.54, 1.807) is 43.3 Å². The quantitative estimate of drug-likeness (QED) is 0.917. The summed E-state index contributed by atoms with van der Waals surface area (Å²) in [7, 11) is 0. The van der Waals surface area contributed by atoms with Crippen molar-refractivity contribution in [2.45, 2.75) is 19.6 Å². The van der Waals surface area contributed by atoms with Crippen molar-refractivity contribution in [3.63, 3.8) is 0 Å². The average Bonchev–Trinajstić information content (AvgIpc) is 2.47. The molecule has 0 saturated heterocycles. The predicted molar refractivity (Wildman–Crippen MR) is 79.8 cm³/mol. The number of carbonyl (C=O) groups excluding carboxylic acids is 1. The van der Waals surface area contributed by atoms with Gasteiger partial charge in [-0.3, -0.25) is 4.79 Å². The maximum atomic E-state index is 13.0. The molecule has 0 aliphatic heterocycles. The minimum Gasteiger partial charge on any atom is -0.481 e. The zero-order chi connectivity index (χ0) is 15.2. The van der Waals surface area contributed by atoms with Crippen LogP contribution in [0.5, 0.6) is 5.75 Å². The molecular weight excluding hydrogens is 293 g/mol. The van der Waals surface area contributed by atoms with E-state index in [0.29, 0.717) is 16.3 Å². The van der Waals surface area contributed by atoms with Gasteiger partial charge in [-0.2, -0.15) is 0 Å². The van der Waals surface area contributed by atoms with Crippen molar-refractivity contribution in [1.29, 1.82) is 0 Å². The number of hydrogen-bond acceptors (Lipinski definition) is 2. The number of hydrogen-bond donors (Lipinski definition) is 1. The lowest BCUT2D eigenvalue weighted by Crippen LogP contribution is -2.35. The Bertz CT molecular complexity index is 616. The third-order valence-electron chi connectivity index (χ3n) is 2.85. The summed E-state index contributed by atoms with van der Waals surface area (Å²) in [5.74, 6) is -0.0331. The molecule has 3 nitrogen and oxygen atoms in total. The van der Waals surface area contributed by atoms with Gasteiger partial charge in [0.2, 0.25) is 0 Å². The van der Waals surface area contributed by atoms with E-state index in [0.717, 1.165) is 0 Å². The van der Waals surface area contributed by atoms with Gasteiger partial charge >= 0.3 is 0 Å². The fourth-order valence-electron chi connectivity index (χ4n) is 1.75. The first-order valence-electron chi connectivity index (χ1n) is 6.49. The highest BCUT2D eigenvalue weighted by atomic mass is 35.5. The maximum Gasteiger partial charge on any atom is 0.261 e. The molecule has 0 aliphatic rings. The van der Waals surface area contributed by atoms with Gasteiger partial charge in [0.25, 0.3) is 5.91 Å². The lowest BCUT2D eigenvalue weighted by molar-refractivity contribution is -0.127. The van der Waals surface area contributed by atoms with Crippen LogP contribution >= 0.6 is 11.6 Å². The first-order valence-corrected chi connectivity index (χ1v) is 6.87. The molecule has 0 fully saturated rings. The Morgan fingerprint density at radius 3 is 2.67 bits per heavy atom. The van der Waals surface area contributed by atoms with Crippen LogP contribution in [0.1, 0.15) is 12.5 Å². The van der Waals surface area contributed by atoms with Crippen LogP contribution in [0.25, 0.3) is 0 Å². The topological polar surface area (TPSA) is 38.3 Å². The Balaban J connectivity index is 1.86. The van der Waals surface area contributed by atoms with Gasteiger partial charge < -0.3 is 10.1 Å². The number of rotatable bonds is 5. The number of amides is 1. The van der Waals surface area contributed by atoms with Crippen LogP contribution in [0.2, 0.25) is 5.02 Å². The highest BCUT2D eigenvalue weighted by Gasteiger charge is 2.14. The third kappa shape index (κ3) is 4.76. The largest absolute Gasteiger partial charge is 0.481 e. The van der Waals surface area contributed by atoms with Gasteiger partial charge in [0.15, 0.2) is 6.10 Å². The van der Waals surface area contributed by atoms with Gasteiger partial charge in [-0.15, -0.1) is 0 Å². The van der Waals surface area contributed by atoms with Gasteiger partial charge in [-0.1, -0.05) is 23.7 Å². The van der Waals surface area contributed by atoms with E-state index in [1.807, 2.05) is 0 Å². The molecule has 0 saturated carbocycles. The van der Waals surface area contributed by atoms with Gasteiger partial charge in [0.1, 0.15) is 11.6 Å². The highest BCUT2D eigenvalue weighted by Crippen LogP contribution is 2.16. The van der Waals surface area contributed by atoms with Crippen LogP contribution in [0, 0.1) is 5.82 Å². The first-order chi connectivity index (χ1) is 10.0. The minimum absolute atomic E-state index is 0.255. The maximum absolute atomic E-state index is 13.0. The summed E-state index contributed by atoms with van der Waals surface area (Å²) in [4.78, 5) is 11.9. The smallest absolute Gasteiger partial charge is 0.261 e. The van der Waals surface area contributed by atoms with E-state index in [1.165, 1.54) is 12.1 Å². The lowest BCUT2D eigenvalue weighted by Gasteiger charge is -2.14. The van der Waals surface area contributed by atoms with E-state index >= 15 is 0 Å². The van der Waals surface area contributed by atoms with Crippen molar-refractivity contribution >= 4 is 17.5 Å². The molecule has 0 heterocycles. The molecule has 5 heteroatoms. The van der Waals surface area contributed by atoms with Crippen molar-refractivity contribution in [3.05, 3.63) is 64.9 Å². The van der Waals surface area contributed by atoms with Crippen molar-refractivity contribution in [2.24, 2.45) is 0 Å². The molecule has 0 aromatic heterocycles. The number of ether oxygens (including phenoxy) is 1. The van der Waals surface area contributed by atoms with Crippen molar-refractivity contribution < 1.29 is 13.9 Å². The Hall–Kier alpha value is -2.07. The second-order valence-corrected chi connectivity index (χ2v) is 5.00. The summed E-state index contributed by atoms with van der Waals surface area (Å²) in [5, 5.41) is 3.30. The Morgan fingerprint density at radius 1 is 1.29 bits per heavy atom. The average molecular weight is 308 g/mol. The molecule has 2 aromatic rings. The Morgan fingerprint density at radius 2 is 2.00 bits per heavy atom.